The minimum atomic E-state index is -0.0221. The minimum absolute atomic E-state index is 0.0221. The van der Waals surface area contributed by atoms with Crippen LogP contribution in [-0.2, 0) is 9.53 Å². The maximum Gasteiger partial charge on any atom is 0.237 e. The molecule has 1 fully saturated rings. The molecular weight excluding hydrogens is 252 g/mol. The average molecular weight is 280 g/mol. The number of hydrogen-bond donors (Lipinski definition) is 1. The van der Waals surface area contributed by atoms with Gasteiger partial charge in [-0.1, -0.05) is 11.6 Å². The maximum absolute atomic E-state index is 12.3. The van der Waals surface area contributed by atoms with Crippen molar-refractivity contribution in [3.63, 3.8) is 0 Å². The van der Waals surface area contributed by atoms with Crippen molar-refractivity contribution in [2.24, 2.45) is 0 Å². The summed E-state index contributed by atoms with van der Waals surface area (Å²) in [6.45, 7) is 8.76. The Hall–Kier alpha value is -0.870. The summed E-state index contributed by atoms with van der Waals surface area (Å²) in [7, 11) is 0. The van der Waals surface area contributed by atoms with Crippen molar-refractivity contribution in [3.8, 4) is 0 Å². The third-order valence-electron chi connectivity index (χ3n) is 4.65. The van der Waals surface area contributed by atoms with Gasteiger partial charge in [0, 0.05) is 18.6 Å². The normalized spacial score (nSPS) is 29.1. The predicted octanol–water partition coefficient (Wildman–Crippen LogP) is 2.10. The van der Waals surface area contributed by atoms with Crippen LogP contribution < -0.4 is 5.32 Å². The van der Waals surface area contributed by atoms with Crippen LogP contribution in [0.25, 0.3) is 0 Å². The molecule has 0 aromatic heterocycles. The topological polar surface area (TPSA) is 41.6 Å². The van der Waals surface area contributed by atoms with Gasteiger partial charge >= 0.3 is 0 Å². The monoisotopic (exact) mass is 280 g/mol. The number of hydrogen-bond acceptors (Lipinski definition) is 3. The number of nitrogens with zero attached hydrogens (tertiary/aromatic N) is 1. The summed E-state index contributed by atoms with van der Waals surface area (Å²) in [5.74, 6) is 0.165. The van der Waals surface area contributed by atoms with Crippen LogP contribution in [0.1, 0.15) is 46.5 Å². The van der Waals surface area contributed by atoms with Crippen molar-refractivity contribution in [1.82, 2.24) is 10.2 Å². The first kappa shape index (κ1) is 15.5. The van der Waals surface area contributed by atoms with Crippen molar-refractivity contribution in [3.05, 3.63) is 11.6 Å². The van der Waals surface area contributed by atoms with Crippen LogP contribution >= 0.6 is 0 Å². The van der Waals surface area contributed by atoms with Gasteiger partial charge in [0.25, 0.3) is 0 Å². The van der Waals surface area contributed by atoms with Gasteiger partial charge in [-0.25, -0.2) is 0 Å². The Morgan fingerprint density at radius 2 is 2.15 bits per heavy atom. The van der Waals surface area contributed by atoms with Crippen molar-refractivity contribution in [2.75, 3.05) is 19.8 Å². The smallest absolute Gasteiger partial charge is 0.237 e. The summed E-state index contributed by atoms with van der Waals surface area (Å²) >= 11 is 0. The zero-order valence-corrected chi connectivity index (χ0v) is 13.0. The van der Waals surface area contributed by atoms with Gasteiger partial charge in [-0.2, -0.15) is 0 Å². The number of nitrogens with one attached hydrogen (secondary N) is 1. The lowest BCUT2D eigenvalue weighted by Crippen LogP contribution is -2.49. The molecule has 2 aliphatic heterocycles. The van der Waals surface area contributed by atoms with E-state index in [9.17, 15) is 4.79 Å². The Labute approximate surface area is 122 Å². The van der Waals surface area contributed by atoms with E-state index in [1.54, 1.807) is 0 Å². The molecule has 1 saturated heterocycles. The molecule has 4 heteroatoms. The zero-order chi connectivity index (χ0) is 14.5. The van der Waals surface area contributed by atoms with E-state index in [0.29, 0.717) is 12.1 Å². The largest absolute Gasteiger partial charge is 0.377 e. The van der Waals surface area contributed by atoms with Crippen LogP contribution in [0.5, 0.6) is 0 Å². The second-order valence-corrected chi connectivity index (χ2v) is 6.13. The van der Waals surface area contributed by atoms with E-state index in [2.05, 4.69) is 30.1 Å². The quantitative estimate of drug-likeness (QED) is 0.784. The van der Waals surface area contributed by atoms with Gasteiger partial charge < -0.3 is 10.1 Å². The highest BCUT2D eigenvalue weighted by atomic mass is 16.5. The Balaban J connectivity index is 1.75. The lowest BCUT2D eigenvalue weighted by Gasteiger charge is -2.31. The fourth-order valence-electron chi connectivity index (χ4n) is 3.40. The second kappa shape index (κ2) is 7.23. The summed E-state index contributed by atoms with van der Waals surface area (Å²) in [4.78, 5) is 14.6. The molecule has 2 heterocycles. The first-order chi connectivity index (χ1) is 9.59. The average Bonchev–Trinajstić information content (AvgIpc) is 2.78. The number of amides is 1. The van der Waals surface area contributed by atoms with Crippen LogP contribution in [0, 0.1) is 0 Å². The molecule has 1 N–H and O–H groups in total. The molecule has 0 aliphatic carbocycles. The molecular formula is C16H28N2O2. The molecule has 20 heavy (non-hydrogen) atoms. The predicted molar refractivity (Wildman–Crippen MR) is 80.6 cm³/mol. The van der Waals surface area contributed by atoms with Gasteiger partial charge in [-0.3, -0.25) is 9.69 Å². The molecule has 2 aliphatic rings. The van der Waals surface area contributed by atoms with Gasteiger partial charge in [0.2, 0.25) is 5.91 Å². The minimum Gasteiger partial charge on any atom is -0.377 e. The Morgan fingerprint density at radius 1 is 1.45 bits per heavy atom. The van der Waals surface area contributed by atoms with E-state index in [1.165, 1.54) is 18.4 Å². The summed E-state index contributed by atoms with van der Waals surface area (Å²) < 4.78 is 5.29. The lowest BCUT2D eigenvalue weighted by atomic mass is 10.1. The number of carbonyl (C=O) groups excluding carboxylic acids is 1. The first-order valence-corrected chi connectivity index (χ1v) is 7.90. The third kappa shape index (κ3) is 3.83. The van der Waals surface area contributed by atoms with Gasteiger partial charge in [0.15, 0.2) is 0 Å². The van der Waals surface area contributed by atoms with E-state index in [1.807, 2.05) is 6.92 Å². The molecule has 0 spiro atoms. The summed E-state index contributed by atoms with van der Waals surface area (Å²) in [6.07, 6.45) is 6.50. The van der Waals surface area contributed by atoms with E-state index < -0.39 is 0 Å². The Morgan fingerprint density at radius 3 is 2.75 bits per heavy atom. The molecule has 0 unspecified atom stereocenters. The van der Waals surface area contributed by atoms with Crippen molar-refractivity contribution < 1.29 is 9.53 Å². The van der Waals surface area contributed by atoms with Gasteiger partial charge in [-0.15, -0.1) is 0 Å². The molecule has 0 bridgehead atoms. The van der Waals surface area contributed by atoms with Crippen LogP contribution in [0.15, 0.2) is 11.6 Å². The SMILES string of the molecule is C[C@@H]1CC[C@H](C)N1[C@@H](C)C(=O)NCCC1=CCOCC1. The summed E-state index contributed by atoms with van der Waals surface area (Å²) in [6, 6.07) is 1.01. The Kier molecular flexibility index (Phi) is 5.61. The number of rotatable bonds is 5. The molecule has 114 valence electrons. The highest BCUT2D eigenvalue weighted by Crippen LogP contribution is 2.25. The molecule has 0 aromatic rings. The van der Waals surface area contributed by atoms with Gasteiger partial charge in [0.05, 0.1) is 19.3 Å². The van der Waals surface area contributed by atoms with Crippen molar-refractivity contribution >= 4 is 5.91 Å². The molecule has 0 aromatic carbocycles. The van der Waals surface area contributed by atoms with E-state index in [0.717, 1.165) is 32.6 Å². The number of likely N-dealkylation sites (tertiary alicyclic amines) is 1. The molecule has 2 rings (SSSR count). The van der Waals surface area contributed by atoms with Crippen molar-refractivity contribution in [1.29, 1.82) is 0 Å². The summed E-state index contributed by atoms with van der Waals surface area (Å²) in [5, 5.41) is 3.09. The molecule has 3 atom stereocenters. The van der Waals surface area contributed by atoms with Crippen LogP contribution in [0.4, 0.5) is 0 Å². The van der Waals surface area contributed by atoms with Gasteiger partial charge in [-0.05, 0) is 46.5 Å². The molecule has 4 nitrogen and oxygen atoms in total. The van der Waals surface area contributed by atoms with Crippen LogP contribution in [0.3, 0.4) is 0 Å². The van der Waals surface area contributed by atoms with Crippen molar-refractivity contribution in [2.45, 2.75) is 64.6 Å². The number of ether oxygens (including phenoxy) is 1. The molecule has 0 radical (unpaired) electrons. The van der Waals surface area contributed by atoms with Crippen LogP contribution in [-0.4, -0.2) is 48.7 Å². The zero-order valence-electron chi connectivity index (χ0n) is 13.0. The van der Waals surface area contributed by atoms with E-state index >= 15 is 0 Å². The number of carbonyl (C=O) groups is 1. The third-order valence-corrected chi connectivity index (χ3v) is 4.65. The second-order valence-electron chi connectivity index (χ2n) is 6.13. The van der Waals surface area contributed by atoms with E-state index in [-0.39, 0.29) is 11.9 Å². The molecule has 0 saturated carbocycles. The lowest BCUT2D eigenvalue weighted by molar-refractivity contribution is -0.126. The maximum atomic E-state index is 12.3. The van der Waals surface area contributed by atoms with Gasteiger partial charge in [0.1, 0.15) is 0 Å². The molecule has 1 amide bonds. The highest BCUT2D eigenvalue weighted by molar-refractivity contribution is 5.81. The van der Waals surface area contributed by atoms with Crippen LogP contribution in [0.2, 0.25) is 0 Å². The fraction of sp³-hybridized carbons (Fsp3) is 0.812. The summed E-state index contributed by atoms with van der Waals surface area (Å²) in [5.41, 5.74) is 1.41. The standard InChI is InChI=1S/C16H28N2O2/c1-12-4-5-13(2)18(12)14(3)16(19)17-9-6-15-7-10-20-11-8-15/h7,12-14H,4-6,8-11H2,1-3H3,(H,17,19)/t12-,13+,14-/m0/s1. The first-order valence-electron chi connectivity index (χ1n) is 7.90. The fourth-order valence-corrected chi connectivity index (χ4v) is 3.40. The Bertz CT molecular complexity index is 357. The van der Waals surface area contributed by atoms with E-state index in [4.69, 9.17) is 4.74 Å². The highest BCUT2D eigenvalue weighted by Gasteiger charge is 2.34.